The van der Waals surface area contributed by atoms with E-state index in [9.17, 15) is 4.79 Å². The normalized spacial score (nSPS) is 10.9. The summed E-state index contributed by atoms with van der Waals surface area (Å²) in [6.07, 6.45) is 3.02. The highest BCUT2D eigenvalue weighted by atomic mass is 16.1. The van der Waals surface area contributed by atoms with Gasteiger partial charge in [0.05, 0.1) is 0 Å². The molecule has 0 N–H and O–H groups in total. The maximum atomic E-state index is 12.0. The summed E-state index contributed by atoms with van der Waals surface area (Å²) < 4.78 is 1.48. The van der Waals surface area contributed by atoms with Gasteiger partial charge >= 0.3 is 0 Å². The van der Waals surface area contributed by atoms with Gasteiger partial charge in [0.15, 0.2) is 11.6 Å². The molecule has 5 heteroatoms. The molecule has 3 aromatic rings. The largest absolute Gasteiger partial charge is 0.289 e. The molecule has 0 bridgehead atoms. The third-order valence-corrected chi connectivity index (χ3v) is 2.95. The molecule has 0 atom stereocenters. The molecule has 102 valence electrons. The van der Waals surface area contributed by atoms with Crippen LogP contribution in [0.4, 0.5) is 0 Å². The van der Waals surface area contributed by atoms with Crippen molar-refractivity contribution in [3.05, 3.63) is 72.3 Å². The smallest absolute Gasteiger partial charge is 0.187 e. The Bertz CT molecular complexity index is 763. The van der Waals surface area contributed by atoms with Crippen molar-refractivity contribution in [2.75, 3.05) is 0 Å². The van der Waals surface area contributed by atoms with Crippen LogP contribution in [-0.4, -0.2) is 26.0 Å². The van der Waals surface area contributed by atoms with E-state index in [0.29, 0.717) is 11.4 Å². The fourth-order valence-corrected chi connectivity index (χ4v) is 1.91. The first-order valence-corrected chi connectivity index (χ1v) is 6.45. The van der Waals surface area contributed by atoms with E-state index in [-0.39, 0.29) is 5.78 Å². The second kappa shape index (κ2) is 5.92. The molecule has 0 saturated heterocycles. The molecule has 0 saturated carbocycles. The minimum Gasteiger partial charge on any atom is -0.289 e. The number of hydrogen-bond donors (Lipinski definition) is 0. The molecular weight excluding hydrogens is 264 g/mol. The van der Waals surface area contributed by atoms with Gasteiger partial charge in [-0.25, -0.2) is 0 Å². The minimum absolute atomic E-state index is 0.0925. The van der Waals surface area contributed by atoms with E-state index < -0.39 is 0 Å². The molecule has 0 amide bonds. The fraction of sp³-hybridized carbons (Fsp3) is 0. The van der Waals surface area contributed by atoms with Crippen LogP contribution in [0.2, 0.25) is 0 Å². The van der Waals surface area contributed by atoms with E-state index in [1.165, 1.54) is 10.8 Å². The van der Waals surface area contributed by atoms with Crippen molar-refractivity contribution in [1.29, 1.82) is 0 Å². The lowest BCUT2D eigenvalue weighted by Crippen LogP contribution is -1.97. The van der Waals surface area contributed by atoms with Crippen LogP contribution in [0.25, 0.3) is 17.6 Å². The molecule has 0 aliphatic rings. The molecule has 1 aromatic heterocycles. The Balaban J connectivity index is 1.85. The zero-order chi connectivity index (χ0) is 14.5. The van der Waals surface area contributed by atoms with Crippen LogP contribution < -0.4 is 0 Å². The van der Waals surface area contributed by atoms with Crippen LogP contribution in [-0.2, 0) is 0 Å². The van der Waals surface area contributed by atoms with E-state index in [0.717, 1.165) is 5.56 Å². The quantitative estimate of drug-likeness (QED) is 0.543. The molecule has 5 nitrogen and oxygen atoms in total. The van der Waals surface area contributed by atoms with Crippen molar-refractivity contribution < 1.29 is 4.79 Å². The van der Waals surface area contributed by atoms with Gasteiger partial charge in [0, 0.05) is 23.4 Å². The first-order valence-electron chi connectivity index (χ1n) is 6.45. The molecule has 1 heterocycles. The topological polar surface area (TPSA) is 60.7 Å². The molecule has 21 heavy (non-hydrogen) atoms. The lowest BCUT2D eigenvalue weighted by Gasteiger charge is -1.99. The first kappa shape index (κ1) is 12.9. The van der Waals surface area contributed by atoms with Crippen LogP contribution in [0.3, 0.4) is 0 Å². The van der Waals surface area contributed by atoms with Crippen molar-refractivity contribution in [2.24, 2.45) is 0 Å². The van der Waals surface area contributed by atoms with Crippen LogP contribution in [0.15, 0.2) is 66.7 Å². The summed E-state index contributed by atoms with van der Waals surface area (Å²) in [7, 11) is 0. The number of aromatic nitrogens is 4. The molecule has 0 radical (unpaired) electrons. The predicted molar refractivity (Wildman–Crippen MR) is 79.4 cm³/mol. The number of allylic oxidation sites excluding steroid dienone is 1. The highest BCUT2D eigenvalue weighted by molar-refractivity contribution is 6.06. The van der Waals surface area contributed by atoms with Crippen molar-refractivity contribution in [3.63, 3.8) is 0 Å². The van der Waals surface area contributed by atoms with Crippen LogP contribution in [0, 0.1) is 0 Å². The van der Waals surface area contributed by atoms with Gasteiger partial charge in [0.1, 0.15) is 0 Å². The Morgan fingerprint density at radius 2 is 1.62 bits per heavy atom. The molecule has 3 rings (SSSR count). The molecule has 0 aliphatic carbocycles. The molecule has 2 aromatic carbocycles. The first-order chi connectivity index (χ1) is 10.3. The molecular formula is C16H12N4O. The van der Waals surface area contributed by atoms with Crippen LogP contribution in [0.5, 0.6) is 0 Å². The maximum absolute atomic E-state index is 12.0. The summed E-state index contributed by atoms with van der Waals surface area (Å²) in [5.74, 6) is 0.498. The van der Waals surface area contributed by atoms with E-state index in [4.69, 9.17) is 0 Å². The Hall–Kier alpha value is -3.08. The number of ketones is 1. The summed E-state index contributed by atoms with van der Waals surface area (Å²) in [6, 6.07) is 18.6. The molecule has 0 unspecified atom stereocenters. The third kappa shape index (κ3) is 2.92. The number of hydrogen-bond acceptors (Lipinski definition) is 4. The van der Waals surface area contributed by atoms with Crippen LogP contribution >= 0.6 is 0 Å². The summed E-state index contributed by atoms with van der Waals surface area (Å²) >= 11 is 0. The average Bonchev–Trinajstić information content (AvgIpc) is 3.03. The van der Waals surface area contributed by atoms with Crippen LogP contribution in [0.1, 0.15) is 10.4 Å². The lowest BCUT2D eigenvalue weighted by molar-refractivity contribution is 0.104. The number of nitrogens with zero attached hydrogens (tertiary/aromatic N) is 4. The predicted octanol–water partition coefficient (Wildman–Crippen LogP) is 2.69. The van der Waals surface area contributed by atoms with E-state index in [1.54, 1.807) is 18.3 Å². The Kier molecular flexibility index (Phi) is 3.64. The SMILES string of the molecule is O=C(C=Cn1nnnc1-c1ccccc1)c1ccccc1. The highest BCUT2D eigenvalue weighted by Gasteiger charge is 2.06. The van der Waals surface area contributed by atoms with Gasteiger partial charge in [0.25, 0.3) is 0 Å². The summed E-state index contributed by atoms with van der Waals surface area (Å²) in [6.45, 7) is 0. The summed E-state index contributed by atoms with van der Waals surface area (Å²) in [5.41, 5.74) is 1.52. The number of rotatable bonds is 4. The molecule has 0 aliphatic heterocycles. The Morgan fingerprint density at radius 1 is 0.952 bits per heavy atom. The van der Waals surface area contributed by atoms with Crippen molar-refractivity contribution in [2.45, 2.75) is 0 Å². The van der Waals surface area contributed by atoms with Gasteiger partial charge < -0.3 is 0 Å². The zero-order valence-corrected chi connectivity index (χ0v) is 11.1. The number of carbonyl (C=O) groups is 1. The van der Waals surface area contributed by atoms with Crippen molar-refractivity contribution in [3.8, 4) is 11.4 Å². The second-order valence-corrected chi connectivity index (χ2v) is 4.36. The second-order valence-electron chi connectivity index (χ2n) is 4.36. The fourth-order valence-electron chi connectivity index (χ4n) is 1.91. The molecule has 0 fully saturated rings. The van der Waals surface area contributed by atoms with E-state index in [1.807, 2.05) is 48.5 Å². The van der Waals surface area contributed by atoms with Gasteiger partial charge in [-0.05, 0) is 10.4 Å². The van der Waals surface area contributed by atoms with E-state index >= 15 is 0 Å². The lowest BCUT2D eigenvalue weighted by atomic mass is 10.1. The number of benzene rings is 2. The van der Waals surface area contributed by atoms with Crippen molar-refractivity contribution >= 4 is 12.0 Å². The number of tetrazole rings is 1. The van der Waals surface area contributed by atoms with Gasteiger partial charge in [-0.2, -0.15) is 4.68 Å². The van der Waals surface area contributed by atoms with E-state index in [2.05, 4.69) is 15.5 Å². The molecule has 0 spiro atoms. The Labute approximate surface area is 121 Å². The van der Waals surface area contributed by atoms with Gasteiger partial charge in [0.2, 0.25) is 0 Å². The standard InChI is InChI=1S/C16H12N4O/c21-15(13-7-3-1-4-8-13)11-12-20-16(17-18-19-20)14-9-5-2-6-10-14/h1-12H. The van der Waals surface area contributed by atoms with Crippen molar-refractivity contribution in [1.82, 2.24) is 20.2 Å². The monoisotopic (exact) mass is 276 g/mol. The summed E-state index contributed by atoms with van der Waals surface area (Å²) in [4.78, 5) is 12.0. The Morgan fingerprint density at radius 3 is 2.33 bits per heavy atom. The number of carbonyl (C=O) groups excluding carboxylic acids is 1. The van der Waals surface area contributed by atoms with Gasteiger partial charge in [-0.1, -0.05) is 60.7 Å². The third-order valence-electron chi connectivity index (χ3n) is 2.95. The highest BCUT2D eigenvalue weighted by Crippen LogP contribution is 2.14. The summed E-state index contributed by atoms with van der Waals surface area (Å²) in [5, 5.41) is 11.5. The van der Waals surface area contributed by atoms with Gasteiger partial charge in [-0.15, -0.1) is 5.10 Å². The maximum Gasteiger partial charge on any atom is 0.187 e. The zero-order valence-electron chi connectivity index (χ0n) is 11.1. The average molecular weight is 276 g/mol. The van der Waals surface area contributed by atoms with Gasteiger partial charge in [-0.3, -0.25) is 4.79 Å². The minimum atomic E-state index is -0.0925.